The summed E-state index contributed by atoms with van der Waals surface area (Å²) in [4.78, 5) is 13.1. The van der Waals surface area contributed by atoms with E-state index in [-0.39, 0.29) is 5.92 Å². The third kappa shape index (κ3) is 4.24. The third-order valence-electron chi connectivity index (χ3n) is 7.28. The Labute approximate surface area is 203 Å². The molecule has 3 aliphatic rings. The number of hydrogen-bond donors (Lipinski definition) is 1. The van der Waals surface area contributed by atoms with E-state index in [2.05, 4.69) is 55.4 Å². The van der Waals surface area contributed by atoms with E-state index < -0.39 is 6.10 Å². The van der Waals surface area contributed by atoms with Crippen molar-refractivity contribution in [2.75, 3.05) is 62.8 Å². The fourth-order valence-corrected chi connectivity index (χ4v) is 6.49. The Morgan fingerprint density at radius 2 is 2.00 bits per heavy atom. The van der Waals surface area contributed by atoms with Crippen molar-refractivity contribution in [1.29, 1.82) is 0 Å². The molecule has 6 rings (SSSR count). The second-order valence-corrected chi connectivity index (χ2v) is 10.7. The van der Waals surface area contributed by atoms with Crippen molar-refractivity contribution in [3.63, 3.8) is 0 Å². The van der Waals surface area contributed by atoms with Crippen LogP contribution in [0.25, 0.3) is 10.9 Å². The van der Waals surface area contributed by atoms with E-state index in [1.54, 1.807) is 11.3 Å². The van der Waals surface area contributed by atoms with Gasteiger partial charge in [-0.1, -0.05) is 0 Å². The highest BCUT2D eigenvalue weighted by Crippen LogP contribution is 2.37. The van der Waals surface area contributed by atoms with Crippen LogP contribution in [-0.4, -0.2) is 83.4 Å². The number of anilines is 2. The standard InChI is InChI=1S/C24H31N7O2S/c1-29-8-6-21-20(15-29)25-24(34-21)22(32)16-3-2-7-31(14-16)23-18-5-4-17(13-19(18)26-28-27-23)30-9-11-33-12-10-30/h4-5,13,16,22,32H,2-3,6-12,14-15H2,1H3/t16-,22-/m0/s1. The molecule has 0 aliphatic carbocycles. The van der Waals surface area contributed by atoms with Crippen LogP contribution in [0.5, 0.6) is 0 Å². The molecule has 34 heavy (non-hydrogen) atoms. The summed E-state index contributed by atoms with van der Waals surface area (Å²) >= 11 is 1.70. The summed E-state index contributed by atoms with van der Waals surface area (Å²) in [5.41, 5.74) is 3.14. The molecule has 1 aromatic carbocycles. The van der Waals surface area contributed by atoms with Crippen LogP contribution >= 0.6 is 11.3 Å². The van der Waals surface area contributed by atoms with E-state index in [0.717, 1.165) is 105 Å². The fourth-order valence-electron chi connectivity index (χ4n) is 5.35. The molecule has 2 atom stereocenters. The number of nitrogens with zero attached hydrogens (tertiary/aromatic N) is 7. The van der Waals surface area contributed by atoms with Gasteiger partial charge in [0.1, 0.15) is 16.6 Å². The highest BCUT2D eigenvalue weighted by molar-refractivity contribution is 7.11. The number of likely N-dealkylation sites (N-methyl/N-ethyl adjacent to an activating group) is 1. The maximum Gasteiger partial charge on any atom is 0.162 e. The Bertz CT molecular complexity index is 1170. The van der Waals surface area contributed by atoms with Crippen molar-refractivity contribution in [3.8, 4) is 0 Å². The van der Waals surface area contributed by atoms with Crippen LogP contribution in [0.15, 0.2) is 18.2 Å². The minimum absolute atomic E-state index is 0.122. The zero-order valence-electron chi connectivity index (χ0n) is 19.6. The van der Waals surface area contributed by atoms with Crippen molar-refractivity contribution >= 4 is 33.7 Å². The molecule has 3 aliphatic heterocycles. The lowest BCUT2D eigenvalue weighted by molar-refractivity contribution is 0.0974. The molecule has 0 amide bonds. The topological polar surface area (TPSA) is 90.7 Å². The number of piperidine rings is 1. The number of aliphatic hydroxyl groups is 1. The minimum Gasteiger partial charge on any atom is -0.386 e. The van der Waals surface area contributed by atoms with E-state index in [1.165, 1.54) is 4.88 Å². The van der Waals surface area contributed by atoms with Crippen molar-refractivity contribution in [1.82, 2.24) is 25.3 Å². The lowest BCUT2D eigenvalue weighted by atomic mass is 9.92. The van der Waals surface area contributed by atoms with E-state index in [0.29, 0.717) is 0 Å². The van der Waals surface area contributed by atoms with Crippen molar-refractivity contribution in [2.45, 2.75) is 31.9 Å². The molecule has 0 unspecified atom stereocenters. The van der Waals surface area contributed by atoms with Gasteiger partial charge in [0, 0.05) is 61.1 Å². The molecule has 180 valence electrons. The van der Waals surface area contributed by atoms with Gasteiger partial charge in [0.25, 0.3) is 0 Å². The van der Waals surface area contributed by atoms with E-state index in [9.17, 15) is 5.11 Å². The number of aliphatic hydroxyl groups excluding tert-OH is 1. The van der Waals surface area contributed by atoms with Gasteiger partial charge in [-0.05, 0) is 49.7 Å². The minimum atomic E-state index is -0.544. The van der Waals surface area contributed by atoms with Gasteiger partial charge < -0.3 is 24.5 Å². The third-order valence-corrected chi connectivity index (χ3v) is 8.51. The monoisotopic (exact) mass is 481 g/mol. The molecular formula is C24H31N7O2S. The molecule has 9 nitrogen and oxygen atoms in total. The highest BCUT2D eigenvalue weighted by Gasteiger charge is 2.32. The molecule has 3 aromatic rings. The van der Waals surface area contributed by atoms with E-state index >= 15 is 0 Å². The first-order chi connectivity index (χ1) is 16.7. The Kier molecular flexibility index (Phi) is 6.06. The van der Waals surface area contributed by atoms with Gasteiger partial charge in [-0.3, -0.25) is 0 Å². The van der Waals surface area contributed by atoms with E-state index in [4.69, 9.17) is 9.72 Å². The Morgan fingerprint density at radius 1 is 1.12 bits per heavy atom. The lowest BCUT2D eigenvalue weighted by Crippen LogP contribution is -2.38. The van der Waals surface area contributed by atoms with Gasteiger partial charge >= 0.3 is 0 Å². The molecule has 10 heteroatoms. The number of fused-ring (bicyclic) bond motifs is 2. The van der Waals surface area contributed by atoms with Crippen LogP contribution in [0, 0.1) is 5.92 Å². The quantitative estimate of drug-likeness (QED) is 0.602. The zero-order chi connectivity index (χ0) is 23.1. The van der Waals surface area contributed by atoms with Gasteiger partial charge in [-0.2, -0.15) is 0 Å². The molecule has 2 saturated heterocycles. The average molecular weight is 482 g/mol. The Hall–Kier alpha value is -2.40. The van der Waals surface area contributed by atoms with Crippen LogP contribution in [-0.2, 0) is 17.7 Å². The van der Waals surface area contributed by atoms with Crippen LogP contribution in [0.4, 0.5) is 11.5 Å². The Morgan fingerprint density at radius 3 is 2.88 bits per heavy atom. The normalized spacial score (nSPS) is 22.7. The molecule has 0 saturated carbocycles. The SMILES string of the molecule is CN1CCc2sc([C@@H](O)[C@H]3CCCN(c4nnnc5cc(N6CCOCC6)ccc45)C3)nc2C1. The van der Waals surface area contributed by atoms with Crippen molar-refractivity contribution < 1.29 is 9.84 Å². The first kappa shape index (κ1) is 22.1. The van der Waals surface area contributed by atoms with E-state index in [1.807, 2.05) is 0 Å². The largest absolute Gasteiger partial charge is 0.386 e. The summed E-state index contributed by atoms with van der Waals surface area (Å²) in [6, 6.07) is 6.36. The van der Waals surface area contributed by atoms with Gasteiger partial charge in [-0.25, -0.2) is 4.98 Å². The number of benzene rings is 1. The number of rotatable bonds is 4. The number of ether oxygens (including phenoxy) is 1. The summed E-state index contributed by atoms with van der Waals surface area (Å²) in [6.07, 6.45) is 2.47. The fraction of sp³-hybridized carbons (Fsp3) is 0.583. The Balaban J connectivity index is 1.22. The second-order valence-electron chi connectivity index (χ2n) is 9.62. The lowest BCUT2D eigenvalue weighted by Gasteiger charge is -2.35. The smallest absolute Gasteiger partial charge is 0.162 e. The molecule has 1 N–H and O–H groups in total. The summed E-state index contributed by atoms with van der Waals surface area (Å²) < 4.78 is 5.48. The average Bonchev–Trinajstić information content (AvgIpc) is 3.31. The molecule has 2 fully saturated rings. The number of hydrogen-bond acceptors (Lipinski definition) is 10. The first-order valence-corrected chi connectivity index (χ1v) is 13.0. The molecule has 0 radical (unpaired) electrons. The maximum atomic E-state index is 11.3. The number of thiazole rings is 1. The van der Waals surface area contributed by atoms with Crippen molar-refractivity contribution in [3.05, 3.63) is 33.8 Å². The second kappa shape index (κ2) is 9.33. The van der Waals surface area contributed by atoms with Crippen molar-refractivity contribution in [2.24, 2.45) is 5.92 Å². The molecule has 0 bridgehead atoms. The molecular weight excluding hydrogens is 450 g/mol. The maximum absolute atomic E-state index is 11.3. The van der Waals surface area contributed by atoms with Gasteiger partial charge in [0.2, 0.25) is 0 Å². The van der Waals surface area contributed by atoms with Gasteiger partial charge in [0.15, 0.2) is 5.82 Å². The number of aromatic nitrogens is 4. The molecule has 2 aromatic heterocycles. The van der Waals surface area contributed by atoms with Crippen LogP contribution in [0.2, 0.25) is 0 Å². The molecule has 0 spiro atoms. The highest BCUT2D eigenvalue weighted by atomic mass is 32.1. The van der Waals surface area contributed by atoms with Crippen LogP contribution < -0.4 is 9.80 Å². The number of morpholine rings is 1. The van der Waals surface area contributed by atoms with Gasteiger partial charge in [0.05, 0.1) is 18.9 Å². The van der Waals surface area contributed by atoms with Gasteiger partial charge in [-0.15, -0.1) is 21.5 Å². The summed E-state index contributed by atoms with van der Waals surface area (Å²) in [5.74, 6) is 0.979. The summed E-state index contributed by atoms with van der Waals surface area (Å²) in [6.45, 7) is 6.86. The predicted molar refractivity (Wildman–Crippen MR) is 132 cm³/mol. The first-order valence-electron chi connectivity index (χ1n) is 12.2. The summed E-state index contributed by atoms with van der Waals surface area (Å²) in [5, 5.41) is 26.0. The molecule has 5 heterocycles. The van der Waals surface area contributed by atoms with Crippen LogP contribution in [0.3, 0.4) is 0 Å². The zero-order valence-corrected chi connectivity index (χ0v) is 20.4. The van der Waals surface area contributed by atoms with Crippen LogP contribution in [0.1, 0.15) is 34.5 Å². The predicted octanol–water partition coefficient (Wildman–Crippen LogP) is 2.26. The summed E-state index contributed by atoms with van der Waals surface area (Å²) in [7, 11) is 2.13.